The van der Waals surface area contributed by atoms with Crippen LogP contribution in [0.4, 0.5) is 0 Å². The van der Waals surface area contributed by atoms with Crippen LogP contribution in [0.25, 0.3) is 0 Å². The van der Waals surface area contributed by atoms with Gasteiger partial charge >= 0.3 is 0 Å². The molecule has 0 radical (unpaired) electrons. The highest BCUT2D eigenvalue weighted by Gasteiger charge is 2.19. The minimum Gasteiger partial charge on any atom is -0.385 e. The molecule has 0 aliphatic carbocycles. The zero-order chi connectivity index (χ0) is 14.3. The average molecular weight is 263 g/mol. The SMILES string of the molecule is COCCC(C)C(CNC(C)C)c1cccc(C)c1. The van der Waals surface area contributed by atoms with Crippen LogP contribution in [0.5, 0.6) is 0 Å². The maximum atomic E-state index is 5.23. The van der Waals surface area contributed by atoms with Crippen molar-refractivity contribution in [2.24, 2.45) is 5.92 Å². The van der Waals surface area contributed by atoms with Gasteiger partial charge in [0.15, 0.2) is 0 Å². The summed E-state index contributed by atoms with van der Waals surface area (Å²) in [4.78, 5) is 0. The first-order chi connectivity index (χ1) is 9.04. The Balaban J connectivity index is 2.78. The first-order valence-electron chi connectivity index (χ1n) is 7.33. The van der Waals surface area contributed by atoms with E-state index in [1.807, 2.05) is 0 Å². The van der Waals surface area contributed by atoms with Gasteiger partial charge in [-0.1, -0.05) is 50.6 Å². The van der Waals surface area contributed by atoms with Crippen molar-refractivity contribution in [1.82, 2.24) is 5.32 Å². The van der Waals surface area contributed by atoms with Crippen LogP contribution in [0.1, 0.15) is 44.2 Å². The molecule has 108 valence electrons. The number of hydrogen-bond donors (Lipinski definition) is 1. The quantitative estimate of drug-likeness (QED) is 0.771. The van der Waals surface area contributed by atoms with Crippen LogP contribution < -0.4 is 5.32 Å². The third-order valence-electron chi connectivity index (χ3n) is 3.68. The van der Waals surface area contributed by atoms with E-state index >= 15 is 0 Å². The molecule has 0 saturated heterocycles. The highest BCUT2D eigenvalue weighted by molar-refractivity contribution is 5.26. The van der Waals surface area contributed by atoms with Crippen LogP contribution in [-0.4, -0.2) is 26.3 Å². The van der Waals surface area contributed by atoms with Crippen LogP contribution in [0.15, 0.2) is 24.3 Å². The van der Waals surface area contributed by atoms with E-state index in [4.69, 9.17) is 4.74 Å². The third kappa shape index (κ3) is 5.75. The van der Waals surface area contributed by atoms with Crippen molar-refractivity contribution in [3.05, 3.63) is 35.4 Å². The van der Waals surface area contributed by atoms with E-state index in [-0.39, 0.29) is 0 Å². The highest BCUT2D eigenvalue weighted by atomic mass is 16.5. The van der Waals surface area contributed by atoms with Crippen LogP contribution in [0.3, 0.4) is 0 Å². The molecule has 2 nitrogen and oxygen atoms in total. The zero-order valence-electron chi connectivity index (χ0n) is 13.1. The Morgan fingerprint density at radius 3 is 2.53 bits per heavy atom. The van der Waals surface area contributed by atoms with Crippen molar-refractivity contribution in [3.63, 3.8) is 0 Å². The molecule has 1 N–H and O–H groups in total. The molecular weight excluding hydrogens is 234 g/mol. The molecule has 0 amide bonds. The van der Waals surface area contributed by atoms with Gasteiger partial charge in [-0.05, 0) is 30.7 Å². The van der Waals surface area contributed by atoms with Crippen LogP contribution in [0, 0.1) is 12.8 Å². The summed E-state index contributed by atoms with van der Waals surface area (Å²) in [5.41, 5.74) is 2.78. The van der Waals surface area contributed by atoms with E-state index in [9.17, 15) is 0 Å². The Hall–Kier alpha value is -0.860. The Labute approximate surface area is 118 Å². The molecule has 0 saturated carbocycles. The summed E-state index contributed by atoms with van der Waals surface area (Å²) in [6.07, 6.45) is 1.11. The number of rotatable bonds is 8. The lowest BCUT2D eigenvalue weighted by Gasteiger charge is -2.26. The van der Waals surface area contributed by atoms with E-state index in [1.165, 1.54) is 11.1 Å². The lowest BCUT2D eigenvalue weighted by Crippen LogP contribution is -2.31. The lowest BCUT2D eigenvalue weighted by molar-refractivity contribution is 0.173. The molecule has 0 aliphatic heterocycles. The maximum absolute atomic E-state index is 5.23. The molecule has 0 spiro atoms. The Kier molecular flexibility index (Phi) is 7.11. The number of benzene rings is 1. The number of ether oxygens (including phenoxy) is 1. The number of methoxy groups -OCH3 is 1. The van der Waals surface area contributed by atoms with Crippen LogP contribution in [-0.2, 0) is 4.74 Å². The molecular formula is C17H29NO. The summed E-state index contributed by atoms with van der Waals surface area (Å²) in [6.45, 7) is 10.8. The number of nitrogens with one attached hydrogen (secondary N) is 1. The first-order valence-corrected chi connectivity index (χ1v) is 7.33. The monoisotopic (exact) mass is 263 g/mol. The van der Waals surface area contributed by atoms with Gasteiger partial charge in [0.2, 0.25) is 0 Å². The van der Waals surface area contributed by atoms with Gasteiger partial charge < -0.3 is 10.1 Å². The van der Waals surface area contributed by atoms with E-state index < -0.39 is 0 Å². The first kappa shape index (κ1) is 16.2. The van der Waals surface area contributed by atoms with Crippen molar-refractivity contribution >= 4 is 0 Å². The smallest absolute Gasteiger partial charge is 0.0465 e. The van der Waals surface area contributed by atoms with Gasteiger partial charge in [-0.25, -0.2) is 0 Å². The van der Waals surface area contributed by atoms with Gasteiger partial charge in [0.05, 0.1) is 0 Å². The standard InChI is InChI=1S/C17H29NO/c1-13(2)18-12-17(15(4)9-10-19-5)16-8-6-7-14(3)11-16/h6-8,11,13,15,17-18H,9-10,12H2,1-5H3. The van der Waals surface area contributed by atoms with Gasteiger partial charge in [-0.3, -0.25) is 0 Å². The molecule has 1 aromatic carbocycles. The molecule has 2 unspecified atom stereocenters. The summed E-state index contributed by atoms with van der Waals surface area (Å²) in [6, 6.07) is 9.42. The van der Waals surface area contributed by atoms with Crippen LogP contribution >= 0.6 is 0 Å². The van der Waals surface area contributed by atoms with Crippen molar-refractivity contribution < 1.29 is 4.74 Å². The minimum absolute atomic E-state index is 0.530. The topological polar surface area (TPSA) is 21.3 Å². The van der Waals surface area contributed by atoms with Gasteiger partial charge in [0.25, 0.3) is 0 Å². The minimum atomic E-state index is 0.530. The number of aryl methyl sites for hydroxylation is 1. The van der Waals surface area contributed by atoms with Gasteiger partial charge in [-0.15, -0.1) is 0 Å². The summed E-state index contributed by atoms with van der Waals surface area (Å²) in [5.74, 6) is 1.17. The third-order valence-corrected chi connectivity index (χ3v) is 3.68. The predicted molar refractivity (Wildman–Crippen MR) is 82.7 cm³/mol. The predicted octanol–water partition coefficient (Wildman–Crippen LogP) is 3.75. The normalized spacial score (nSPS) is 14.6. The van der Waals surface area contributed by atoms with Gasteiger partial charge in [0.1, 0.15) is 0 Å². The fourth-order valence-corrected chi connectivity index (χ4v) is 2.42. The molecule has 0 fully saturated rings. The van der Waals surface area contributed by atoms with E-state index in [1.54, 1.807) is 7.11 Å². The molecule has 1 aromatic rings. The lowest BCUT2D eigenvalue weighted by atomic mass is 9.84. The Morgan fingerprint density at radius 1 is 1.21 bits per heavy atom. The molecule has 1 rings (SSSR count). The molecule has 19 heavy (non-hydrogen) atoms. The second-order valence-corrected chi connectivity index (χ2v) is 5.84. The summed E-state index contributed by atoms with van der Waals surface area (Å²) >= 11 is 0. The van der Waals surface area contributed by atoms with Crippen molar-refractivity contribution in [1.29, 1.82) is 0 Å². The van der Waals surface area contributed by atoms with Crippen molar-refractivity contribution in [2.45, 2.75) is 46.1 Å². The molecule has 0 aromatic heterocycles. The average Bonchev–Trinajstić information content (AvgIpc) is 2.36. The van der Waals surface area contributed by atoms with Gasteiger partial charge in [0, 0.05) is 26.3 Å². The maximum Gasteiger partial charge on any atom is 0.0465 e. The zero-order valence-corrected chi connectivity index (χ0v) is 13.1. The van der Waals surface area contributed by atoms with Crippen molar-refractivity contribution in [3.8, 4) is 0 Å². The molecule has 0 aliphatic rings. The van der Waals surface area contributed by atoms with Gasteiger partial charge in [-0.2, -0.15) is 0 Å². The van der Waals surface area contributed by atoms with E-state index in [2.05, 4.69) is 57.3 Å². The summed E-state index contributed by atoms with van der Waals surface area (Å²) in [7, 11) is 1.78. The van der Waals surface area contributed by atoms with E-state index in [0.717, 1.165) is 19.6 Å². The second-order valence-electron chi connectivity index (χ2n) is 5.84. The molecule has 2 atom stereocenters. The molecule has 0 bridgehead atoms. The second kappa shape index (κ2) is 8.34. The highest BCUT2D eigenvalue weighted by Crippen LogP contribution is 2.27. The largest absolute Gasteiger partial charge is 0.385 e. The molecule has 2 heteroatoms. The Morgan fingerprint density at radius 2 is 1.95 bits per heavy atom. The molecule has 0 heterocycles. The Bertz CT molecular complexity index is 362. The fraction of sp³-hybridized carbons (Fsp3) is 0.647. The summed E-state index contributed by atoms with van der Waals surface area (Å²) in [5, 5.41) is 3.58. The number of hydrogen-bond acceptors (Lipinski definition) is 2. The fourth-order valence-electron chi connectivity index (χ4n) is 2.42. The van der Waals surface area contributed by atoms with Crippen molar-refractivity contribution in [2.75, 3.05) is 20.3 Å². The summed E-state index contributed by atoms with van der Waals surface area (Å²) < 4.78 is 5.23. The van der Waals surface area contributed by atoms with Crippen LogP contribution in [0.2, 0.25) is 0 Å². The van der Waals surface area contributed by atoms with E-state index in [0.29, 0.717) is 17.9 Å².